The minimum atomic E-state index is 0.0202. The van der Waals surface area contributed by atoms with E-state index in [1.165, 1.54) is 5.56 Å². The number of halogens is 2. The molecular formula is C13H12Cl2S. The van der Waals surface area contributed by atoms with E-state index in [2.05, 4.69) is 16.8 Å². The van der Waals surface area contributed by atoms with Crippen LogP contribution in [0.25, 0.3) is 0 Å². The third-order valence-corrected chi connectivity index (χ3v) is 3.92. The van der Waals surface area contributed by atoms with Gasteiger partial charge in [0.15, 0.2) is 0 Å². The van der Waals surface area contributed by atoms with Gasteiger partial charge in [-0.15, -0.1) is 11.6 Å². The van der Waals surface area contributed by atoms with E-state index in [0.717, 1.165) is 22.6 Å². The van der Waals surface area contributed by atoms with E-state index < -0.39 is 0 Å². The Morgan fingerprint density at radius 2 is 2.12 bits per heavy atom. The van der Waals surface area contributed by atoms with Crippen molar-refractivity contribution in [3.63, 3.8) is 0 Å². The average Bonchev–Trinajstić information content (AvgIpc) is 2.70. The van der Waals surface area contributed by atoms with Crippen molar-refractivity contribution in [1.29, 1.82) is 0 Å². The summed E-state index contributed by atoms with van der Waals surface area (Å²) in [4.78, 5) is 0. The number of hydrogen-bond donors (Lipinski definition) is 0. The van der Waals surface area contributed by atoms with Gasteiger partial charge in [-0.25, -0.2) is 0 Å². The second kappa shape index (κ2) is 5.22. The first-order chi connectivity index (χ1) is 7.66. The smallest absolute Gasteiger partial charge is 0.0628 e. The summed E-state index contributed by atoms with van der Waals surface area (Å²) in [5.74, 6) is 0. The summed E-state index contributed by atoms with van der Waals surface area (Å²) in [5.41, 5.74) is 3.61. The molecule has 0 aliphatic heterocycles. The molecule has 1 heterocycles. The van der Waals surface area contributed by atoms with Gasteiger partial charge in [-0.05, 0) is 59.0 Å². The molecule has 1 atom stereocenters. The van der Waals surface area contributed by atoms with Gasteiger partial charge in [0.25, 0.3) is 0 Å². The molecule has 0 radical (unpaired) electrons. The van der Waals surface area contributed by atoms with Crippen LogP contribution in [0.2, 0.25) is 5.02 Å². The topological polar surface area (TPSA) is 0 Å². The molecule has 84 valence electrons. The predicted molar refractivity (Wildman–Crippen MR) is 72.8 cm³/mol. The highest BCUT2D eigenvalue weighted by Gasteiger charge is 2.11. The van der Waals surface area contributed by atoms with Crippen molar-refractivity contribution in [3.8, 4) is 0 Å². The lowest BCUT2D eigenvalue weighted by Gasteiger charge is -2.12. The zero-order chi connectivity index (χ0) is 11.5. The second-order valence-corrected chi connectivity index (χ2v) is 5.55. The molecular weight excluding hydrogens is 259 g/mol. The summed E-state index contributed by atoms with van der Waals surface area (Å²) in [5, 5.41) is 5.00. The van der Waals surface area contributed by atoms with Crippen LogP contribution < -0.4 is 0 Å². The van der Waals surface area contributed by atoms with Crippen molar-refractivity contribution in [2.45, 2.75) is 18.7 Å². The number of thiophene rings is 1. The molecule has 1 aromatic heterocycles. The quantitative estimate of drug-likeness (QED) is 0.670. The Bertz CT molecular complexity index is 463. The maximum absolute atomic E-state index is 6.42. The van der Waals surface area contributed by atoms with Crippen LogP contribution in [0, 0.1) is 6.92 Å². The van der Waals surface area contributed by atoms with Crippen LogP contribution >= 0.6 is 34.5 Å². The summed E-state index contributed by atoms with van der Waals surface area (Å²) < 4.78 is 0. The highest BCUT2D eigenvalue weighted by atomic mass is 35.5. The Morgan fingerprint density at radius 3 is 2.75 bits per heavy atom. The second-order valence-electron chi connectivity index (χ2n) is 3.80. The van der Waals surface area contributed by atoms with Crippen LogP contribution in [-0.4, -0.2) is 0 Å². The van der Waals surface area contributed by atoms with E-state index in [0.29, 0.717) is 0 Å². The maximum atomic E-state index is 6.42. The van der Waals surface area contributed by atoms with Gasteiger partial charge >= 0.3 is 0 Å². The number of hydrogen-bond acceptors (Lipinski definition) is 1. The molecule has 0 fully saturated rings. The third-order valence-electron chi connectivity index (χ3n) is 2.56. The first kappa shape index (κ1) is 12.0. The van der Waals surface area contributed by atoms with Crippen molar-refractivity contribution in [2.24, 2.45) is 0 Å². The Morgan fingerprint density at radius 1 is 1.31 bits per heavy atom. The van der Waals surface area contributed by atoms with Crippen LogP contribution in [0.1, 0.15) is 22.1 Å². The van der Waals surface area contributed by atoms with Gasteiger partial charge in [0.05, 0.1) is 5.38 Å². The molecule has 0 nitrogen and oxygen atoms in total. The van der Waals surface area contributed by atoms with Gasteiger partial charge in [-0.3, -0.25) is 0 Å². The first-order valence-electron chi connectivity index (χ1n) is 5.08. The molecule has 0 bridgehead atoms. The highest BCUT2D eigenvalue weighted by Crippen LogP contribution is 2.29. The van der Waals surface area contributed by atoms with Crippen LogP contribution in [-0.2, 0) is 6.42 Å². The maximum Gasteiger partial charge on any atom is 0.0628 e. The third kappa shape index (κ3) is 2.79. The van der Waals surface area contributed by atoms with Crippen molar-refractivity contribution in [2.75, 3.05) is 0 Å². The highest BCUT2D eigenvalue weighted by molar-refractivity contribution is 7.07. The molecule has 0 N–H and O–H groups in total. The minimum absolute atomic E-state index is 0.0202. The zero-order valence-electron chi connectivity index (χ0n) is 8.91. The van der Waals surface area contributed by atoms with E-state index >= 15 is 0 Å². The summed E-state index contributed by atoms with van der Waals surface area (Å²) >= 11 is 14.0. The van der Waals surface area contributed by atoms with Crippen LogP contribution in [0.4, 0.5) is 0 Å². The Labute approximate surface area is 110 Å². The fourth-order valence-electron chi connectivity index (χ4n) is 1.72. The fourth-order valence-corrected chi connectivity index (χ4v) is 3.05. The number of alkyl halides is 1. The molecule has 0 saturated heterocycles. The molecule has 2 aromatic rings. The predicted octanol–water partition coefficient (Wildman–Crippen LogP) is 5.23. The van der Waals surface area contributed by atoms with Gasteiger partial charge in [0.1, 0.15) is 0 Å². The summed E-state index contributed by atoms with van der Waals surface area (Å²) in [7, 11) is 0. The van der Waals surface area contributed by atoms with Gasteiger partial charge in [0.2, 0.25) is 0 Å². The van der Waals surface area contributed by atoms with Gasteiger partial charge in [0, 0.05) is 5.02 Å². The SMILES string of the molecule is Cc1cc(Cl)ccc1C(Cl)Cc1ccsc1. The molecule has 1 unspecified atom stereocenters. The van der Waals surface area contributed by atoms with Crippen LogP contribution in [0.15, 0.2) is 35.0 Å². The zero-order valence-corrected chi connectivity index (χ0v) is 11.2. The fraction of sp³-hybridized carbons (Fsp3) is 0.231. The van der Waals surface area contributed by atoms with Gasteiger partial charge < -0.3 is 0 Å². The number of aryl methyl sites for hydroxylation is 1. The molecule has 3 heteroatoms. The summed E-state index contributed by atoms with van der Waals surface area (Å²) in [6, 6.07) is 7.99. The molecule has 16 heavy (non-hydrogen) atoms. The largest absolute Gasteiger partial charge is 0.152 e. The first-order valence-corrected chi connectivity index (χ1v) is 6.84. The monoisotopic (exact) mass is 270 g/mol. The van der Waals surface area contributed by atoms with Crippen molar-refractivity contribution in [3.05, 3.63) is 56.7 Å². The summed E-state index contributed by atoms with van der Waals surface area (Å²) in [6.45, 7) is 2.05. The normalized spacial score (nSPS) is 12.7. The number of rotatable bonds is 3. The van der Waals surface area contributed by atoms with E-state index in [1.807, 2.05) is 25.1 Å². The number of benzene rings is 1. The Hall–Kier alpha value is -0.500. The van der Waals surface area contributed by atoms with E-state index in [1.54, 1.807) is 11.3 Å². The minimum Gasteiger partial charge on any atom is -0.152 e. The van der Waals surface area contributed by atoms with E-state index in [-0.39, 0.29) is 5.38 Å². The van der Waals surface area contributed by atoms with Crippen LogP contribution in [0.3, 0.4) is 0 Å². The lowest BCUT2D eigenvalue weighted by Crippen LogP contribution is -1.97. The van der Waals surface area contributed by atoms with Gasteiger partial charge in [-0.1, -0.05) is 17.7 Å². The Balaban J connectivity index is 2.17. The van der Waals surface area contributed by atoms with Crippen molar-refractivity contribution in [1.82, 2.24) is 0 Å². The molecule has 1 aromatic carbocycles. The Kier molecular flexibility index (Phi) is 3.91. The average molecular weight is 271 g/mol. The van der Waals surface area contributed by atoms with Crippen molar-refractivity contribution < 1.29 is 0 Å². The summed E-state index contributed by atoms with van der Waals surface area (Å²) in [6.07, 6.45) is 0.869. The molecule has 0 aliphatic carbocycles. The lowest BCUT2D eigenvalue weighted by molar-refractivity contribution is 0.914. The van der Waals surface area contributed by atoms with E-state index in [9.17, 15) is 0 Å². The molecule has 0 amide bonds. The molecule has 2 rings (SSSR count). The van der Waals surface area contributed by atoms with E-state index in [4.69, 9.17) is 23.2 Å². The van der Waals surface area contributed by atoms with Crippen LogP contribution in [0.5, 0.6) is 0 Å². The molecule has 0 saturated carbocycles. The molecule has 0 spiro atoms. The van der Waals surface area contributed by atoms with Gasteiger partial charge in [-0.2, -0.15) is 11.3 Å². The van der Waals surface area contributed by atoms with Crippen molar-refractivity contribution >= 4 is 34.5 Å². The standard InChI is InChI=1S/C13H12Cl2S/c1-9-6-11(14)2-3-12(9)13(15)7-10-4-5-16-8-10/h2-6,8,13H,7H2,1H3. The lowest BCUT2D eigenvalue weighted by atomic mass is 10.0. The molecule has 0 aliphatic rings.